The Bertz CT molecular complexity index is 1200. The SMILES string of the molecule is C=C[C@H](CN1C(Br)=C(c2cnc3ccccc3c2)C2=C(N)NC=NC21)NC(=O)OC(C)(C)C. The maximum absolute atomic E-state index is 12.3. The molecule has 0 saturated carbocycles. The molecule has 0 aliphatic carbocycles. The molecule has 1 aromatic carbocycles. The first-order valence-corrected chi connectivity index (χ1v) is 11.4. The third-order valence-corrected chi connectivity index (χ3v) is 6.12. The first-order chi connectivity index (χ1) is 15.7. The predicted molar refractivity (Wildman–Crippen MR) is 134 cm³/mol. The molecule has 9 heteroatoms. The second-order valence-corrected chi connectivity index (χ2v) is 9.60. The van der Waals surface area contributed by atoms with Gasteiger partial charge in [-0.1, -0.05) is 24.3 Å². The fourth-order valence-electron chi connectivity index (χ4n) is 3.84. The number of fused-ring (bicyclic) bond motifs is 2. The number of nitrogens with one attached hydrogen (secondary N) is 2. The van der Waals surface area contributed by atoms with Crippen LogP contribution in [0.3, 0.4) is 0 Å². The lowest BCUT2D eigenvalue weighted by Gasteiger charge is -2.30. The molecule has 2 atom stereocenters. The van der Waals surface area contributed by atoms with Crippen LogP contribution in [0.25, 0.3) is 16.5 Å². The molecule has 4 N–H and O–H groups in total. The number of rotatable bonds is 5. The Morgan fingerprint density at radius 1 is 1.42 bits per heavy atom. The van der Waals surface area contributed by atoms with E-state index >= 15 is 0 Å². The van der Waals surface area contributed by atoms with Crippen molar-refractivity contribution in [1.82, 2.24) is 20.5 Å². The van der Waals surface area contributed by atoms with Gasteiger partial charge < -0.3 is 26.0 Å². The Labute approximate surface area is 201 Å². The van der Waals surface area contributed by atoms with Gasteiger partial charge in [0.15, 0.2) is 6.17 Å². The Morgan fingerprint density at radius 2 is 2.18 bits per heavy atom. The largest absolute Gasteiger partial charge is 0.444 e. The zero-order chi connectivity index (χ0) is 23.8. The van der Waals surface area contributed by atoms with Crippen LogP contribution in [-0.2, 0) is 4.74 Å². The topological polar surface area (TPSA) is 105 Å². The second kappa shape index (κ2) is 8.90. The Balaban J connectivity index is 1.68. The lowest BCUT2D eigenvalue weighted by atomic mass is 9.98. The number of ether oxygens (including phenoxy) is 1. The minimum atomic E-state index is -0.593. The average molecular weight is 511 g/mol. The number of alkyl carbamates (subject to hydrolysis) is 1. The van der Waals surface area contributed by atoms with E-state index in [4.69, 9.17) is 10.5 Å². The molecule has 1 unspecified atom stereocenters. The van der Waals surface area contributed by atoms with Crippen LogP contribution in [0.1, 0.15) is 26.3 Å². The second-order valence-electron chi connectivity index (χ2n) is 8.85. The highest BCUT2D eigenvalue weighted by atomic mass is 79.9. The van der Waals surface area contributed by atoms with E-state index in [0.29, 0.717) is 12.4 Å². The number of amides is 1. The maximum Gasteiger partial charge on any atom is 0.408 e. The fourth-order valence-corrected chi connectivity index (χ4v) is 4.62. The number of para-hydroxylation sites is 1. The third-order valence-electron chi connectivity index (χ3n) is 5.27. The van der Waals surface area contributed by atoms with Crippen molar-refractivity contribution in [2.24, 2.45) is 10.7 Å². The summed E-state index contributed by atoms with van der Waals surface area (Å²) in [6.45, 7) is 9.76. The van der Waals surface area contributed by atoms with Crippen LogP contribution in [0.4, 0.5) is 4.79 Å². The zero-order valence-electron chi connectivity index (χ0n) is 18.8. The first-order valence-electron chi connectivity index (χ1n) is 10.6. The molecule has 0 bridgehead atoms. The van der Waals surface area contributed by atoms with E-state index < -0.39 is 11.7 Å². The van der Waals surface area contributed by atoms with Crippen molar-refractivity contribution in [3.05, 3.63) is 70.7 Å². The molecule has 0 radical (unpaired) electrons. The number of nitrogens with two attached hydrogens (primary N) is 1. The van der Waals surface area contributed by atoms with Crippen LogP contribution in [0, 0.1) is 0 Å². The van der Waals surface area contributed by atoms with Crippen LogP contribution >= 0.6 is 15.9 Å². The number of aliphatic imine (C=N–C) groups is 1. The van der Waals surface area contributed by atoms with Crippen LogP contribution in [0.15, 0.2) is 70.2 Å². The van der Waals surface area contributed by atoms with Gasteiger partial charge in [0, 0.05) is 34.8 Å². The summed E-state index contributed by atoms with van der Waals surface area (Å²) >= 11 is 3.77. The molecular formula is C24H27BrN6O2. The fraction of sp³-hybridized carbons (Fsp3) is 0.292. The van der Waals surface area contributed by atoms with Gasteiger partial charge in [0.1, 0.15) is 11.4 Å². The number of carbonyl (C=O) groups excluding carboxylic acids is 1. The van der Waals surface area contributed by atoms with E-state index in [1.54, 1.807) is 12.4 Å². The van der Waals surface area contributed by atoms with E-state index in [-0.39, 0.29) is 12.2 Å². The summed E-state index contributed by atoms with van der Waals surface area (Å²) in [5, 5.41) is 6.90. The lowest BCUT2D eigenvalue weighted by Crippen LogP contribution is -2.46. The highest BCUT2D eigenvalue weighted by molar-refractivity contribution is 9.11. The molecule has 2 aliphatic rings. The summed E-state index contributed by atoms with van der Waals surface area (Å²) in [5.41, 5.74) is 9.35. The van der Waals surface area contributed by atoms with E-state index in [1.807, 2.05) is 56.1 Å². The monoisotopic (exact) mass is 510 g/mol. The number of hydrogen-bond donors (Lipinski definition) is 3. The standard InChI is InChI=1S/C24H27BrN6O2/c1-5-16(30-23(32)33-24(2,3)4)12-31-20(25)18(19-21(26)28-13-29-22(19)31)15-10-14-8-6-7-9-17(14)27-11-15/h5-11,13,16,22H,1,12,26H2,2-4H3,(H,28,29)(H,30,32)/t16-,22?/m1/s1. The summed E-state index contributed by atoms with van der Waals surface area (Å²) in [7, 11) is 0. The van der Waals surface area contributed by atoms with Gasteiger partial charge in [-0.15, -0.1) is 6.58 Å². The lowest BCUT2D eigenvalue weighted by molar-refractivity contribution is 0.0507. The molecule has 4 rings (SSSR count). The predicted octanol–water partition coefficient (Wildman–Crippen LogP) is 3.82. The summed E-state index contributed by atoms with van der Waals surface area (Å²) in [4.78, 5) is 23.6. The number of carbonyl (C=O) groups is 1. The Morgan fingerprint density at radius 3 is 2.91 bits per heavy atom. The van der Waals surface area contributed by atoms with Gasteiger partial charge in [0.2, 0.25) is 0 Å². The average Bonchev–Trinajstić information content (AvgIpc) is 3.04. The highest BCUT2D eigenvalue weighted by Crippen LogP contribution is 2.44. The molecular weight excluding hydrogens is 484 g/mol. The number of pyridine rings is 1. The van der Waals surface area contributed by atoms with Crippen molar-refractivity contribution in [2.45, 2.75) is 38.6 Å². The third kappa shape index (κ3) is 4.73. The molecule has 0 spiro atoms. The number of benzene rings is 1. The molecule has 33 heavy (non-hydrogen) atoms. The van der Waals surface area contributed by atoms with Crippen molar-refractivity contribution < 1.29 is 9.53 Å². The van der Waals surface area contributed by atoms with Gasteiger partial charge in [-0.2, -0.15) is 0 Å². The highest BCUT2D eigenvalue weighted by Gasteiger charge is 2.39. The molecule has 0 fully saturated rings. The van der Waals surface area contributed by atoms with Crippen LogP contribution in [-0.4, -0.2) is 46.7 Å². The Hall–Kier alpha value is -3.33. The summed E-state index contributed by atoms with van der Waals surface area (Å²) in [6, 6.07) is 9.65. The Kier molecular flexibility index (Phi) is 6.16. The normalized spacial score (nSPS) is 18.8. The maximum atomic E-state index is 12.3. The molecule has 3 heterocycles. The summed E-state index contributed by atoms with van der Waals surface area (Å²) in [5.74, 6) is 0.521. The van der Waals surface area contributed by atoms with E-state index in [2.05, 4.69) is 49.2 Å². The van der Waals surface area contributed by atoms with Crippen molar-refractivity contribution in [1.29, 1.82) is 0 Å². The molecule has 8 nitrogen and oxygen atoms in total. The van der Waals surface area contributed by atoms with Gasteiger partial charge >= 0.3 is 6.09 Å². The summed E-state index contributed by atoms with van der Waals surface area (Å²) in [6.07, 6.45) is 4.24. The molecule has 2 aromatic rings. The number of nitrogens with zero attached hydrogens (tertiary/aromatic N) is 3. The molecule has 172 valence electrons. The quantitative estimate of drug-likeness (QED) is 0.417. The minimum Gasteiger partial charge on any atom is -0.444 e. The van der Waals surface area contributed by atoms with Crippen molar-refractivity contribution in [3.63, 3.8) is 0 Å². The van der Waals surface area contributed by atoms with Gasteiger partial charge in [0.25, 0.3) is 0 Å². The molecule has 2 aliphatic heterocycles. The number of aromatic nitrogens is 1. The number of hydrogen-bond acceptors (Lipinski definition) is 7. The van der Waals surface area contributed by atoms with E-state index in [0.717, 1.165) is 32.2 Å². The van der Waals surface area contributed by atoms with E-state index in [9.17, 15) is 4.79 Å². The summed E-state index contributed by atoms with van der Waals surface area (Å²) < 4.78 is 6.21. The smallest absolute Gasteiger partial charge is 0.408 e. The van der Waals surface area contributed by atoms with Gasteiger partial charge in [-0.25, -0.2) is 9.79 Å². The molecule has 1 aromatic heterocycles. The van der Waals surface area contributed by atoms with Gasteiger partial charge in [-0.05, 0) is 48.8 Å². The molecule has 0 saturated heterocycles. The van der Waals surface area contributed by atoms with Gasteiger partial charge in [-0.3, -0.25) is 4.98 Å². The van der Waals surface area contributed by atoms with Crippen molar-refractivity contribution in [3.8, 4) is 0 Å². The van der Waals surface area contributed by atoms with Crippen LogP contribution in [0.5, 0.6) is 0 Å². The number of halogens is 1. The first kappa shape index (κ1) is 22.8. The van der Waals surface area contributed by atoms with E-state index in [1.165, 1.54) is 0 Å². The van der Waals surface area contributed by atoms with Crippen molar-refractivity contribution in [2.75, 3.05) is 6.54 Å². The zero-order valence-corrected chi connectivity index (χ0v) is 20.4. The van der Waals surface area contributed by atoms with Crippen LogP contribution < -0.4 is 16.4 Å². The minimum absolute atomic E-state index is 0.356. The van der Waals surface area contributed by atoms with Crippen LogP contribution in [0.2, 0.25) is 0 Å². The molecule has 1 amide bonds. The van der Waals surface area contributed by atoms with Crippen molar-refractivity contribution >= 4 is 44.8 Å². The van der Waals surface area contributed by atoms with Gasteiger partial charge in [0.05, 0.1) is 22.5 Å².